The molecule has 0 radical (unpaired) electrons. The third-order valence-electron chi connectivity index (χ3n) is 3.17. The smallest absolute Gasteiger partial charge is 0.297 e. The quantitative estimate of drug-likeness (QED) is 0.409. The Hall–Kier alpha value is -1.17. The molecule has 1 rings (SSSR count). The second-order valence-corrected chi connectivity index (χ2v) is 6.75. The number of unbranched alkanes of at least 4 members (excludes halogenated alkanes) is 3. The fourth-order valence-corrected chi connectivity index (χ4v) is 2.81. The standard InChI is InChI=1S/C16H24O4S/c1-3-4-5-6-7-8-15(17)13-20-21(18,19)16-11-9-14(2)10-12-16/h3,9-12,15,17H,1,4-8,13H2,2H3/t15-/m1/s1. The number of aliphatic hydroxyl groups is 1. The van der Waals surface area contributed by atoms with Crippen molar-refractivity contribution in [2.75, 3.05) is 6.61 Å². The van der Waals surface area contributed by atoms with Gasteiger partial charge in [-0.05, 0) is 38.3 Å². The van der Waals surface area contributed by atoms with Crippen LogP contribution < -0.4 is 0 Å². The summed E-state index contributed by atoms with van der Waals surface area (Å²) in [4.78, 5) is 0.117. The average molecular weight is 312 g/mol. The maximum atomic E-state index is 11.9. The summed E-state index contributed by atoms with van der Waals surface area (Å²) in [5.74, 6) is 0. The fourth-order valence-electron chi connectivity index (χ4n) is 1.87. The minimum atomic E-state index is -3.78. The van der Waals surface area contributed by atoms with Gasteiger partial charge < -0.3 is 5.11 Å². The van der Waals surface area contributed by atoms with E-state index in [0.29, 0.717) is 6.42 Å². The first-order valence-electron chi connectivity index (χ1n) is 7.21. The van der Waals surface area contributed by atoms with E-state index in [1.165, 1.54) is 12.1 Å². The molecule has 1 aromatic carbocycles. The number of hydrogen-bond donors (Lipinski definition) is 1. The first kappa shape index (κ1) is 17.9. The molecule has 0 fully saturated rings. The first-order valence-corrected chi connectivity index (χ1v) is 8.61. The van der Waals surface area contributed by atoms with Gasteiger partial charge >= 0.3 is 0 Å². The molecule has 0 saturated carbocycles. The molecule has 1 aromatic rings. The van der Waals surface area contributed by atoms with Crippen molar-refractivity contribution in [1.82, 2.24) is 0 Å². The van der Waals surface area contributed by atoms with Crippen molar-refractivity contribution >= 4 is 10.1 Å². The Bertz CT molecular complexity index is 520. The second kappa shape index (κ2) is 8.97. The third kappa shape index (κ3) is 6.89. The van der Waals surface area contributed by atoms with E-state index in [1.54, 1.807) is 12.1 Å². The van der Waals surface area contributed by atoms with Crippen molar-refractivity contribution in [2.24, 2.45) is 0 Å². The molecule has 5 heteroatoms. The molecule has 0 aromatic heterocycles. The van der Waals surface area contributed by atoms with Crippen molar-refractivity contribution in [3.8, 4) is 0 Å². The molecule has 0 amide bonds. The highest BCUT2D eigenvalue weighted by molar-refractivity contribution is 7.86. The van der Waals surface area contributed by atoms with Crippen LogP contribution in [-0.2, 0) is 14.3 Å². The summed E-state index contributed by atoms with van der Waals surface area (Å²) in [6.45, 7) is 5.33. The molecule has 0 saturated heterocycles. The topological polar surface area (TPSA) is 63.6 Å². The van der Waals surface area contributed by atoms with Gasteiger partial charge in [-0.15, -0.1) is 6.58 Å². The molecule has 0 aliphatic heterocycles. The molecule has 1 N–H and O–H groups in total. The van der Waals surface area contributed by atoms with Gasteiger partial charge in [-0.3, -0.25) is 4.18 Å². The molecule has 1 atom stereocenters. The number of allylic oxidation sites excluding steroid dienone is 1. The van der Waals surface area contributed by atoms with E-state index in [-0.39, 0.29) is 11.5 Å². The van der Waals surface area contributed by atoms with Gasteiger partial charge in [0.25, 0.3) is 10.1 Å². The zero-order chi connectivity index (χ0) is 15.7. The van der Waals surface area contributed by atoms with E-state index >= 15 is 0 Å². The largest absolute Gasteiger partial charge is 0.391 e. The Kier molecular flexibility index (Phi) is 7.64. The molecule has 118 valence electrons. The van der Waals surface area contributed by atoms with Gasteiger partial charge in [0, 0.05) is 0 Å². The molecule has 21 heavy (non-hydrogen) atoms. The molecule has 0 aliphatic rings. The monoisotopic (exact) mass is 312 g/mol. The SMILES string of the molecule is C=CCCCCC[C@@H](O)COS(=O)(=O)c1ccc(C)cc1. The Morgan fingerprint density at radius 3 is 2.52 bits per heavy atom. The maximum absolute atomic E-state index is 11.9. The molecule has 0 aliphatic carbocycles. The number of benzene rings is 1. The van der Waals surface area contributed by atoms with Gasteiger partial charge in [-0.25, -0.2) is 0 Å². The summed E-state index contributed by atoms with van der Waals surface area (Å²) in [5, 5.41) is 9.75. The average Bonchev–Trinajstić information content (AvgIpc) is 2.45. The summed E-state index contributed by atoms with van der Waals surface area (Å²) < 4.78 is 28.7. The van der Waals surface area contributed by atoms with E-state index in [4.69, 9.17) is 4.18 Å². The van der Waals surface area contributed by atoms with Crippen molar-refractivity contribution in [2.45, 2.75) is 50.0 Å². The molecule has 4 nitrogen and oxygen atoms in total. The van der Waals surface area contributed by atoms with Crippen LogP contribution in [0.25, 0.3) is 0 Å². The van der Waals surface area contributed by atoms with Crippen LogP contribution in [0.3, 0.4) is 0 Å². The molecule has 0 spiro atoms. The Morgan fingerprint density at radius 1 is 1.24 bits per heavy atom. The van der Waals surface area contributed by atoms with Gasteiger partial charge in [0.2, 0.25) is 0 Å². The van der Waals surface area contributed by atoms with Crippen LogP contribution in [0, 0.1) is 6.92 Å². The number of hydrogen-bond acceptors (Lipinski definition) is 4. The van der Waals surface area contributed by atoms with E-state index in [9.17, 15) is 13.5 Å². The predicted molar refractivity (Wildman–Crippen MR) is 83.6 cm³/mol. The highest BCUT2D eigenvalue weighted by Gasteiger charge is 2.17. The van der Waals surface area contributed by atoms with E-state index in [0.717, 1.165) is 31.2 Å². The van der Waals surface area contributed by atoms with Crippen LogP contribution in [0.5, 0.6) is 0 Å². The molecular weight excluding hydrogens is 288 g/mol. The lowest BCUT2D eigenvalue weighted by molar-refractivity contribution is 0.100. The van der Waals surface area contributed by atoms with Crippen molar-refractivity contribution < 1.29 is 17.7 Å². The summed E-state index contributed by atoms with van der Waals surface area (Å²) in [7, 11) is -3.78. The Balaban J connectivity index is 2.35. The zero-order valence-corrected chi connectivity index (χ0v) is 13.3. The van der Waals surface area contributed by atoms with Crippen LogP contribution >= 0.6 is 0 Å². The van der Waals surface area contributed by atoms with E-state index in [1.807, 2.05) is 13.0 Å². The van der Waals surface area contributed by atoms with Crippen LogP contribution in [0.1, 0.15) is 37.7 Å². The van der Waals surface area contributed by atoms with Gasteiger partial charge in [-0.1, -0.05) is 36.6 Å². The van der Waals surface area contributed by atoms with E-state index < -0.39 is 16.2 Å². The van der Waals surface area contributed by atoms with Crippen molar-refractivity contribution in [3.63, 3.8) is 0 Å². The van der Waals surface area contributed by atoms with Crippen LogP contribution in [0.15, 0.2) is 41.8 Å². The molecule has 0 heterocycles. The summed E-state index contributed by atoms with van der Waals surface area (Å²) >= 11 is 0. The molecular formula is C16H24O4S. The van der Waals surface area contributed by atoms with Crippen molar-refractivity contribution in [1.29, 1.82) is 0 Å². The van der Waals surface area contributed by atoms with Gasteiger partial charge in [0.1, 0.15) is 0 Å². The number of rotatable bonds is 10. The van der Waals surface area contributed by atoms with Crippen LogP contribution in [-0.4, -0.2) is 26.2 Å². The number of aryl methyl sites for hydroxylation is 1. The van der Waals surface area contributed by atoms with Crippen LogP contribution in [0.2, 0.25) is 0 Å². The Morgan fingerprint density at radius 2 is 1.90 bits per heavy atom. The normalized spacial score (nSPS) is 13.0. The summed E-state index contributed by atoms with van der Waals surface area (Å²) in [6, 6.07) is 6.44. The van der Waals surface area contributed by atoms with Gasteiger partial charge in [0.05, 0.1) is 17.6 Å². The van der Waals surface area contributed by atoms with E-state index in [2.05, 4.69) is 6.58 Å². The predicted octanol–water partition coefficient (Wildman–Crippen LogP) is 3.20. The first-order chi connectivity index (χ1) is 9.95. The highest BCUT2D eigenvalue weighted by Crippen LogP contribution is 2.14. The zero-order valence-electron chi connectivity index (χ0n) is 12.5. The lowest BCUT2D eigenvalue weighted by atomic mass is 10.1. The van der Waals surface area contributed by atoms with Gasteiger partial charge in [0.15, 0.2) is 0 Å². The lowest BCUT2D eigenvalue weighted by Crippen LogP contribution is -2.19. The van der Waals surface area contributed by atoms with Crippen LogP contribution in [0.4, 0.5) is 0 Å². The summed E-state index contributed by atoms with van der Waals surface area (Å²) in [6.07, 6.45) is 5.51. The fraction of sp³-hybridized carbons (Fsp3) is 0.500. The lowest BCUT2D eigenvalue weighted by Gasteiger charge is -2.11. The minimum Gasteiger partial charge on any atom is -0.391 e. The summed E-state index contributed by atoms with van der Waals surface area (Å²) in [5.41, 5.74) is 0.980. The highest BCUT2D eigenvalue weighted by atomic mass is 32.2. The second-order valence-electron chi connectivity index (χ2n) is 5.13. The number of aliphatic hydroxyl groups excluding tert-OH is 1. The molecule has 0 unspecified atom stereocenters. The van der Waals surface area contributed by atoms with Gasteiger partial charge in [-0.2, -0.15) is 8.42 Å². The maximum Gasteiger partial charge on any atom is 0.297 e. The Labute approximate surface area is 127 Å². The van der Waals surface area contributed by atoms with Crippen molar-refractivity contribution in [3.05, 3.63) is 42.5 Å². The molecule has 0 bridgehead atoms. The minimum absolute atomic E-state index is 0.117. The third-order valence-corrected chi connectivity index (χ3v) is 4.47.